The number of nitrogens with two attached hydrogens (primary N) is 1. The number of aromatic nitrogens is 2. The van der Waals surface area contributed by atoms with Gasteiger partial charge in [-0.15, -0.1) is 11.8 Å². The Bertz CT molecular complexity index is 581. The monoisotopic (exact) mass is 303 g/mol. The molecule has 3 rings (SSSR count). The molecule has 5 heteroatoms. The van der Waals surface area contributed by atoms with Gasteiger partial charge in [-0.1, -0.05) is 29.3 Å². The van der Waals surface area contributed by atoms with Crippen molar-refractivity contribution in [3.8, 4) is 0 Å². The molecule has 0 bridgehead atoms. The van der Waals surface area contributed by atoms with E-state index in [9.17, 15) is 0 Å². The van der Waals surface area contributed by atoms with E-state index in [1.165, 1.54) is 23.3 Å². The van der Waals surface area contributed by atoms with Gasteiger partial charge in [0.2, 0.25) is 5.89 Å². The van der Waals surface area contributed by atoms with E-state index in [0.717, 1.165) is 23.9 Å². The third-order valence-corrected chi connectivity index (χ3v) is 5.16. The van der Waals surface area contributed by atoms with Crippen LogP contribution in [0.25, 0.3) is 0 Å². The molecule has 0 aliphatic heterocycles. The second kappa shape index (κ2) is 6.62. The first-order chi connectivity index (χ1) is 10.3. The molecule has 2 unspecified atom stereocenters. The number of rotatable bonds is 5. The van der Waals surface area contributed by atoms with Gasteiger partial charge in [-0.25, -0.2) is 0 Å². The Morgan fingerprint density at radius 1 is 1.29 bits per heavy atom. The predicted octanol–water partition coefficient (Wildman–Crippen LogP) is 3.51. The highest BCUT2D eigenvalue weighted by atomic mass is 32.2. The van der Waals surface area contributed by atoms with E-state index < -0.39 is 0 Å². The minimum Gasteiger partial charge on any atom is -0.339 e. The van der Waals surface area contributed by atoms with Crippen molar-refractivity contribution in [2.24, 2.45) is 11.7 Å². The fourth-order valence-electron chi connectivity index (χ4n) is 2.90. The lowest BCUT2D eigenvalue weighted by molar-refractivity contribution is 0.324. The quantitative estimate of drug-likeness (QED) is 0.856. The minimum atomic E-state index is 0.362. The van der Waals surface area contributed by atoms with Gasteiger partial charge >= 0.3 is 0 Å². The lowest BCUT2D eigenvalue weighted by Gasteiger charge is -2.12. The number of thioether (sulfide) groups is 1. The summed E-state index contributed by atoms with van der Waals surface area (Å²) in [6.45, 7) is 2.80. The number of aryl methyl sites for hydroxylation is 1. The molecule has 0 saturated heterocycles. The number of nitrogens with zero attached hydrogens (tertiary/aromatic N) is 2. The van der Waals surface area contributed by atoms with Gasteiger partial charge in [-0.3, -0.25) is 0 Å². The highest BCUT2D eigenvalue weighted by Gasteiger charge is 2.31. The molecule has 2 atom stereocenters. The summed E-state index contributed by atoms with van der Waals surface area (Å²) in [5.74, 6) is 3.16. The van der Waals surface area contributed by atoms with Gasteiger partial charge in [0.15, 0.2) is 5.82 Å². The fraction of sp³-hybridized carbons (Fsp3) is 0.500. The largest absolute Gasteiger partial charge is 0.339 e. The van der Waals surface area contributed by atoms with Crippen LogP contribution < -0.4 is 5.73 Å². The topological polar surface area (TPSA) is 64.9 Å². The molecule has 0 amide bonds. The van der Waals surface area contributed by atoms with Crippen LogP contribution in [0.3, 0.4) is 0 Å². The maximum absolute atomic E-state index is 5.82. The Hall–Kier alpha value is -1.33. The summed E-state index contributed by atoms with van der Waals surface area (Å²) in [6.07, 6.45) is 3.51. The van der Waals surface area contributed by atoms with Crippen LogP contribution in [-0.4, -0.2) is 16.7 Å². The number of hydrogen-bond acceptors (Lipinski definition) is 5. The Morgan fingerprint density at radius 3 is 2.86 bits per heavy atom. The zero-order chi connectivity index (χ0) is 14.7. The molecule has 1 heterocycles. The summed E-state index contributed by atoms with van der Waals surface area (Å²) in [4.78, 5) is 5.80. The van der Waals surface area contributed by atoms with Crippen LogP contribution in [0.2, 0.25) is 0 Å². The maximum atomic E-state index is 5.82. The van der Waals surface area contributed by atoms with E-state index >= 15 is 0 Å². The number of benzene rings is 1. The Morgan fingerprint density at radius 2 is 2.10 bits per heavy atom. The van der Waals surface area contributed by atoms with Crippen molar-refractivity contribution in [3.05, 3.63) is 41.5 Å². The molecule has 1 aromatic heterocycles. The van der Waals surface area contributed by atoms with E-state index in [-0.39, 0.29) is 0 Å². The summed E-state index contributed by atoms with van der Waals surface area (Å²) in [6, 6.07) is 8.49. The molecule has 1 aromatic carbocycles. The molecular formula is C16H21N3OS. The average molecular weight is 303 g/mol. The average Bonchev–Trinajstić information content (AvgIpc) is 3.15. The van der Waals surface area contributed by atoms with Crippen molar-refractivity contribution in [2.75, 3.05) is 6.54 Å². The highest BCUT2D eigenvalue weighted by molar-refractivity contribution is 7.98. The highest BCUT2D eigenvalue weighted by Crippen LogP contribution is 2.38. The molecular weight excluding hydrogens is 282 g/mol. The zero-order valence-electron chi connectivity index (χ0n) is 12.3. The standard InChI is InChI=1S/C16H21N3OS/c1-11-5-7-13(8-6-11)21-10-15-18-16(20-19-15)14-4-2-3-12(14)9-17/h5-8,12,14H,2-4,9-10,17H2,1H3. The first-order valence-corrected chi connectivity index (χ1v) is 8.47. The van der Waals surface area contributed by atoms with Gasteiger partial charge in [0.05, 0.1) is 5.75 Å². The van der Waals surface area contributed by atoms with E-state index in [0.29, 0.717) is 18.4 Å². The van der Waals surface area contributed by atoms with Crippen LogP contribution in [0.5, 0.6) is 0 Å². The molecule has 0 spiro atoms. The van der Waals surface area contributed by atoms with Gasteiger partial charge in [-0.2, -0.15) is 4.98 Å². The van der Waals surface area contributed by atoms with Gasteiger partial charge < -0.3 is 10.3 Å². The molecule has 1 fully saturated rings. The van der Waals surface area contributed by atoms with Crippen molar-refractivity contribution in [2.45, 2.75) is 42.8 Å². The summed E-state index contributed by atoms with van der Waals surface area (Å²) in [7, 11) is 0. The van der Waals surface area contributed by atoms with E-state index in [1.54, 1.807) is 11.8 Å². The Kier molecular flexibility index (Phi) is 4.60. The first kappa shape index (κ1) is 14.6. The van der Waals surface area contributed by atoms with Crippen LogP contribution in [-0.2, 0) is 5.75 Å². The second-order valence-corrected chi connectivity index (χ2v) is 6.73. The maximum Gasteiger partial charge on any atom is 0.230 e. The molecule has 1 aliphatic rings. The van der Waals surface area contributed by atoms with Crippen molar-refractivity contribution in [1.29, 1.82) is 0 Å². The summed E-state index contributed by atoms with van der Waals surface area (Å²) in [5.41, 5.74) is 7.09. The lowest BCUT2D eigenvalue weighted by atomic mass is 9.96. The SMILES string of the molecule is Cc1ccc(SCc2noc(C3CCCC3CN)n2)cc1. The molecule has 1 aliphatic carbocycles. The van der Waals surface area contributed by atoms with Gasteiger partial charge in [0.1, 0.15) is 0 Å². The third-order valence-electron chi connectivity index (χ3n) is 4.15. The molecule has 2 aromatic rings. The molecule has 112 valence electrons. The van der Waals surface area contributed by atoms with Crippen molar-refractivity contribution < 1.29 is 4.52 Å². The van der Waals surface area contributed by atoms with E-state index in [2.05, 4.69) is 41.3 Å². The summed E-state index contributed by atoms with van der Waals surface area (Å²) >= 11 is 1.73. The molecule has 2 N–H and O–H groups in total. The zero-order valence-corrected chi connectivity index (χ0v) is 13.1. The van der Waals surface area contributed by atoms with Crippen molar-refractivity contribution in [1.82, 2.24) is 10.1 Å². The van der Waals surface area contributed by atoms with Crippen molar-refractivity contribution in [3.63, 3.8) is 0 Å². The van der Waals surface area contributed by atoms with Crippen LogP contribution in [0.1, 0.15) is 42.5 Å². The predicted molar refractivity (Wildman–Crippen MR) is 84.2 cm³/mol. The third kappa shape index (κ3) is 3.47. The van der Waals surface area contributed by atoms with Gasteiger partial charge in [0.25, 0.3) is 0 Å². The summed E-state index contributed by atoms with van der Waals surface area (Å²) in [5, 5.41) is 4.11. The van der Waals surface area contributed by atoms with Crippen LogP contribution in [0.4, 0.5) is 0 Å². The van der Waals surface area contributed by atoms with E-state index in [1.807, 2.05) is 0 Å². The first-order valence-electron chi connectivity index (χ1n) is 7.48. The van der Waals surface area contributed by atoms with Gasteiger partial charge in [-0.05, 0) is 44.4 Å². The molecule has 21 heavy (non-hydrogen) atoms. The van der Waals surface area contributed by atoms with E-state index in [4.69, 9.17) is 10.3 Å². The van der Waals surface area contributed by atoms with Crippen LogP contribution >= 0.6 is 11.8 Å². The number of hydrogen-bond donors (Lipinski definition) is 1. The summed E-state index contributed by atoms with van der Waals surface area (Å²) < 4.78 is 5.46. The van der Waals surface area contributed by atoms with Gasteiger partial charge in [0, 0.05) is 10.8 Å². The normalized spacial score (nSPS) is 21.8. The Balaban J connectivity index is 1.61. The minimum absolute atomic E-state index is 0.362. The smallest absolute Gasteiger partial charge is 0.230 e. The van der Waals surface area contributed by atoms with Crippen LogP contribution in [0.15, 0.2) is 33.7 Å². The fourth-order valence-corrected chi connectivity index (χ4v) is 3.64. The Labute approximate surface area is 129 Å². The molecule has 0 radical (unpaired) electrons. The molecule has 4 nitrogen and oxygen atoms in total. The van der Waals surface area contributed by atoms with Crippen LogP contribution in [0, 0.1) is 12.8 Å². The molecule has 1 saturated carbocycles. The lowest BCUT2D eigenvalue weighted by Crippen LogP contribution is -2.17. The second-order valence-electron chi connectivity index (χ2n) is 5.68. The van der Waals surface area contributed by atoms with Crippen molar-refractivity contribution >= 4 is 11.8 Å².